The third kappa shape index (κ3) is 3.91. The van der Waals surface area contributed by atoms with Crippen molar-refractivity contribution in [1.29, 1.82) is 0 Å². The lowest BCUT2D eigenvalue weighted by Crippen LogP contribution is -2.48. The lowest BCUT2D eigenvalue weighted by molar-refractivity contribution is 0.225. The van der Waals surface area contributed by atoms with E-state index < -0.39 is 10.2 Å². The minimum Gasteiger partial charge on any atom is -0.395 e. The molecule has 0 aromatic rings. The van der Waals surface area contributed by atoms with E-state index in [9.17, 15) is 8.42 Å². The molecular weight excluding hydrogens is 240 g/mol. The third-order valence-corrected chi connectivity index (χ3v) is 5.30. The molecule has 102 valence electrons. The first-order valence-electron chi connectivity index (χ1n) is 6.38. The predicted octanol–water partition coefficient (Wildman–Crippen LogP) is 0.810. The quantitative estimate of drug-likeness (QED) is 0.799. The second kappa shape index (κ2) is 6.68. The summed E-state index contributed by atoms with van der Waals surface area (Å²) in [7, 11) is -3.40. The fourth-order valence-electron chi connectivity index (χ4n) is 2.16. The highest BCUT2D eigenvalue weighted by molar-refractivity contribution is 7.86. The van der Waals surface area contributed by atoms with Crippen LogP contribution in [0.4, 0.5) is 0 Å². The second-order valence-corrected chi connectivity index (χ2v) is 6.63. The molecule has 0 bridgehead atoms. The van der Waals surface area contributed by atoms with Crippen molar-refractivity contribution < 1.29 is 13.5 Å². The van der Waals surface area contributed by atoms with Crippen molar-refractivity contribution in [2.45, 2.75) is 45.6 Å². The molecule has 0 spiro atoms. The van der Waals surface area contributed by atoms with E-state index in [4.69, 9.17) is 5.11 Å². The number of hydrogen-bond acceptors (Lipinski definition) is 3. The van der Waals surface area contributed by atoms with Crippen LogP contribution in [0.1, 0.15) is 39.5 Å². The van der Waals surface area contributed by atoms with E-state index in [1.165, 1.54) is 4.31 Å². The lowest BCUT2D eigenvalue weighted by atomic mass is 10.2. The Labute approximate surface area is 105 Å². The summed E-state index contributed by atoms with van der Waals surface area (Å²) in [4.78, 5) is 0. The van der Waals surface area contributed by atoms with Gasteiger partial charge in [-0.2, -0.15) is 17.0 Å². The summed E-state index contributed by atoms with van der Waals surface area (Å²) in [5.41, 5.74) is 0. The summed E-state index contributed by atoms with van der Waals surface area (Å²) in [6.45, 7) is 4.94. The Morgan fingerprint density at radius 3 is 2.12 bits per heavy atom. The zero-order valence-corrected chi connectivity index (χ0v) is 11.6. The number of rotatable bonds is 5. The molecule has 0 amide bonds. The van der Waals surface area contributed by atoms with Gasteiger partial charge in [0.15, 0.2) is 0 Å². The molecule has 0 aromatic heterocycles. The second-order valence-electron chi connectivity index (χ2n) is 4.75. The molecule has 1 fully saturated rings. The first-order valence-corrected chi connectivity index (χ1v) is 7.77. The fourth-order valence-corrected chi connectivity index (χ4v) is 4.02. The largest absolute Gasteiger partial charge is 0.395 e. The molecule has 1 saturated heterocycles. The first-order chi connectivity index (χ1) is 8.00. The maximum absolute atomic E-state index is 12.4. The van der Waals surface area contributed by atoms with Crippen LogP contribution in [0, 0.1) is 0 Å². The maximum atomic E-state index is 12.4. The SMILES string of the molecule is CC(C)N(CCO)S(=O)(=O)N1CCCCCC1. The molecule has 1 aliphatic heterocycles. The lowest BCUT2D eigenvalue weighted by Gasteiger charge is -2.31. The van der Waals surface area contributed by atoms with Crippen molar-refractivity contribution in [3.63, 3.8) is 0 Å². The van der Waals surface area contributed by atoms with E-state index in [1.54, 1.807) is 4.31 Å². The molecule has 17 heavy (non-hydrogen) atoms. The van der Waals surface area contributed by atoms with Crippen LogP contribution >= 0.6 is 0 Å². The highest BCUT2D eigenvalue weighted by Gasteiger charge is 2.31. The van der Waals surface area contributed by atoms with Crippen LogP contribution < -0.4 is 0 Å². The van der Waals surface area contributed by atoms with E-state index in [2.05, 4.69) is 0 Å². The van der Waals surface area contributed by atoms with Gasteiger partial charge in [-0.15, -0.1) is 0 Å². The van der Waals surface area contributed by atoms with Gasteiger partial charge in [0.2, 0.25) is 0 Å². The topological polar surface area (TPSA) is 60.9 Å². The smallest absolute Gasteiger partial charge is 0.282 e. The van der Waals surface area contributed by atoms with Crippen LogP contribution in [0.15, 0.2) is 0 Å². The van der Waals surface area contributed by atoms with Crippen molar-refractivity contribution in [2.24, 2.45) is 0 Å². The molecule has 1 heterocycles. The molecule has 0 saturated carbocycles. The normalized spacial score (nSPS) is 19.8. The van der Waals surface area contributed by atoms with Crippen molar-refractivity contribution in [3.05, 3.63) is 0 Å². The van der Waals surface area contributed by atoms with Gasteiger partial charge in [-0.25, -0.2) is 0 Å². The van der Waals surface area contributed by atoms with E-state index in [-0.39, 0.29) is 19.2 Å². The molecule has 0 radical (unpaired) electrons. The Morgan fingerprint density at radius 2 is 1.71 bits per heavy atom. The van der Waals surface area contributed by atoms with Crippen LogP contribution in [0.5, 0.6) is 0 Å². The molecule has 1 N–H and O–H groups in total. The summed E-state index contributed by atoms with van der Waals surface area (Å²) in [5, 5.41) is 8.98. The van der Waals surface area contributed by atoms with Gasteiger partial charge in [-0.1, -0.05) is 12.8 Å². The highest BCUT2D eigenvalue weighted by atomic mass is 32.2. The van der Waals surface area contributed by atoms with Gasteiger partial charge >= 0.3 is 0 Å². The van der Waals surface area contributed by atoms with E-state index in [0.29, 0.717) is 13.1 Å². The van der Waals surface area contributed by atoms with Crippen LogP contribution in [0.2, 0.25) is 0 Å². The molecule has 0 aromatic carbocycles. The minimum absolute atomic E-state index is 0.115. The molecule has 0 atom stereocenters. The van der Waals surface area contributed by atoms with Gasteiger partial charge in [0.25, 0.3) is 10.2 Å². The van der Waals surface area contributed by atoms with E-state index in [1.807, 2.05) is 13.8 Å². The van der Waals surface area contributed by atoms with Gasteiger partial charge in [0.05, 0.1) is 6.61 Å². The van der Waals surface area contributed by atoms with Crippen LogP contribution in [-0.2, 0) is 10.2 Å². The predicted molar refractivity (Wildman–Crippen MR) is 67.9 cm³/mol. The van der Waals surface area contributed by atoms with Crippen molar-refractivity contribution in [1.82, 2.24) is 8.61 Å². The molecular formula is C11H24N2O3S. The van der Waals surface area contributed by atoms with Gasteiger partial charge < -0.3 is 5.11 Å². The number of nitrogens with zero attached hydrogens (tertiary/aromatic N) is 2. The van der Waals surface area contributed by atoms with Gasteiger partial charge in [-0.05, 0) is 26.7 Å². The summed E-state index contributed by atoms with van der Waals surface area (Å²) in [6, 6.07) is -0.115. The van der Waals surface area contributed by atoms with Crippen LogP contribution in [0.25, 0.3) is 0 Å². The third-order valence-electron chi connectivity index (χ3n) is 3.08. The van der Waals surface area contributed by atoms with Crippen molar-refractivity contribution in [2.75, 3.05) is 26.2 Å². The minimum atomic E-state index is -3.40. The zero-order valence-electron chi connectivity index (χ0n) is 10.8. The van der Waals surface area contributed by atoms with Gasteiger partial charge in [-0.3, -0.25) is 0 Å². The first kappa shape index (κ1) is 14.9. The van der Waals surface area contributed by atoms with Crippen LogP contribution in [-0.4, -0.2) is 54.4 Å². The maximum Gasteiger partial charge on any atom is 0.282 e. The zero-order chi connectivity index (χ0) is 12.9. The summed E-state index contributed by atoms with van der Waals surface area (Å²) < 4.78 is 27.8. The molecule has 0 unspecified atom stereocenters. The highest BCUT2D eigenvalue weighted by Crippen LogP contribution is 2.17. The standard InChI is InChI=1S/C11H24N2O3S/c1-11(2)13(9-10-14)17(15,16)12-7-5-3-4-6-8-12/h11,14H,3-10H2,1-2H3. The summed E-state index contributed by atoms with van der Waals surface area (Å²) in [5.74, 6) is 0. The summed E-state index contributed by atoms with van der Waals surface area (Å²) in [6.07, 6.45) is 4.08. The average molecular weight is 264 g/mol. The monoisotopic (exact) mass is 264 g/mol. The van der Waals surface area contributed by atoms with Gasteiger partial charge in [0, 0.05) is 25.7 Å². The number of aliphatic hydroxyl groups is 1. The molecule has 5 nitrogen and oxygen atoms in total. The average Bonchev–Trinajstić information content (AvgIpc) is 2.53. The van der Waals surface area contributed by atoms with Crippen molar-refractivity contribution >= 4 is 10.2 Å². The number of aliphatic hydroxyl groups excluding tert-OH is 1. The van der Waals surface area contributed by atoms with E-state index >= 15 is 0 Å². The summed E-state index contributed by atoms with van der Waals surface area (Å²) >= 11 is 0. The van der Waals surface area contributed by atoms with Crippen LogP contribution in [0.3, 0.4) is 0 Å². The Hall–Kier alpha value is -0.170. The Balaban J connectivity index is 2.81. The fraction of sp³-hybridized carbons (Fsp3) is 1.00. The van der Waals surface area contributed by atoms with Crippen molar-refractivity contribution in [3.8, 4) is 0 Å². The molecule has 0 aliphatic carbocycles. The van der Waals surface area contributed by atoms with E-state index in [0.717, 1.165) is 25.7 Å². The molecule has 6 heteroatoms. The van der Waals surface area contributed by atoms with Gasteiger partial charge in [0.1, 0.15) is 0 Å². The Morgan fingerprint density at radius 1 is 1.18 bits per heavy atom. The Kier molecular flexibility index (Phi) is 5.85. The molecule has 1 aliphatic rings. The number of hydrogen-bond donors (Lipinski definition) is 1. The molecule has 1 rings (SSSR count). The Bertz CT molecular complexity index is 309.